The maximum atomic E-state index is 14.4. The lowest BCUT2D eigenvalue weighted by Gasteiger charge is -2.30. The quantitative estimate of drug-likeness (QED) is 0.766. The molecule has 2 aliphatic carbocycles. The molecule has 0 radical (unpaired) electrons. The van der Waals surface area contributed by atoms with Crippen LogP contribution >= 0.6 is 0 Å². The first-order valence-electron chi connectivity index (χ1n) is 9.71. The van der Waals surface area contributed by atoms with Crippen molar-refractivity contribution in [2.75, 3.05) is 19.0 Å². The predicted molar refractivity (Wildman–Crippen MR) is 104 cm³/mol. The van der Waals surface area contributed by atoms with Crippen molar-refractivity contribution in [3.05, 3.63) is 47.7 Å². The number of methoxy groups -OCH3 is 1. The first-order valence-corrected chi connectivity index (χ1v) is 9.71. The van der Waals surface area contributed by atoms with Gasteiger partial charge in [0.15, 0.2) is 17.5 Å². The fourth-order valence-corrected chi connectivity index (χ4v) is 3.91. The molecule has 0 bridgehead atoms. The molecule has 2 N–H and O–H groups in total. The lowest BCUT2D eigenvalue weighted by atomic mass is 9.91. The number of aromatic nitrogens is 4. The topological polar surface area (TPSA) is 102 Å². The molecular formula is C20H23FN6O2. The summed E-state index contributed by atoms with van der Waals surface area (Å²) in [5.41, 5.74) is 2.61. The summed E-state index contributed by atoms with van der Waals surface area (Å²) >= 11 is 0. The smallest absolute Gasteiger partial charge is 0.246 e. The van der Waals surface area contributed by atoms with E-state index in [-0.39, 0.29) is 30.4 Å². The maximum absolute atomic E-state index is 14.4. The first kappa shape index (κ1) is 19.4. The lowest BCUT2D eigenvalue weighted by molar-refractivity contribution is -0.125. The van der Waals surface area contributed by atoms with Crippen LogP contribution in [0.4, 0.5) is 10.2 Å². The standard InChI is InChI=1S/C20H23FN6O2/c1-29-10-18(28)25-12-3-2-4-13(7-12)26-20-16(21)9-23-19(27-20)14-5-6-17-15(14)8-22-11-24-17/h5,8-9,11-13H,2-4,6-7,10H2,1H3,(H,25,28)(H,23,26,27)/t12-,13+/m0/s1. The molecule has 0 unspecified atom stereocenters. The van der Waals surface area contributed by atoms with E-state index >= 15 is 0 Å². The van der Waals surface area contributed by atoms with Crippen molar-refractivity contribution in [2.24, 2.45) is 0 Å². The fraction of sp³-hybridized carbons (Fsp3) is 0.450. The second-order valence-electron chi connectivity index (χ2n) is 7.30. The Balaban J connectivity index is 1.47. The summed E-state index contributed by atoms with van der Waals surface area (Å²) in [4.78, 5) is 28.7. The number of anilines is 1. The molecule has 2 aliphatic rings. The maximum Gasteiger partial charge on any atom is 0.246 e. The van der Waals surface area contributed by atoms with E-state index in [4.69, 9.17) is 4.74 Å². The summed E-state index contributed by atoms with van der Waals surface area (Å²) in [6.45, 7) is 0.0405. The van der Waals surface area contributed by atoms with Gasteiger partial charge < -0.3 is 15.4 Å². The lowest BCUT2D eigenvalue weighted by Crippen LogP contribution is -2.43. The number of carbonyl (C=O) groups excluding carboxylic acids is 1. The van der Waals surface area contributed by atoms with Crippen molar-refractivity contribution in [1.82, 2.24) is 25.3 Å². The van der Waals surface area contributed by atoms with Gasteiger partial charge in [-0.05, 0) is 25.7 Å². The Bertz CT molecular complexity index is 935. The molecule has 0 aromatic carbocycles. The molecule has 152 valence electrons. The van der Waals surface area contributed by atoms with Crippen LogP contribution in [0.25, 0.3) is 5.57 Å². The fourth-order valence-electron chi connectivity index (χ4n) is 3.91. The third-order valence-corrected chi connectivity index (χ3v) is 5.23. The van der Waals surface area contributed by atoms with Gasteiger partial charge in [0.2, 0.25) is 5.91 Å². The van der Waals surface area contributed by atoms with Gasteiger partial charge in [0.25, 0.3) is 0 Å². The van der Waals surface area contributed by atoms with Crippen molar-refractivity contribution in [2.45, 2.75) is 44.2 Å². The molecule has 8 nitrogen and oxygen atoms in total. The Morgan fingerprint density at radius 1 is 1.28 bits per heavy atom. The largest absolute Gasteiger partial charge is 0.375 e. The zero-order valence-electron chi connectivity index (χ0n) is 16.2. The molecule has 0 aliphatic heterocycles. The van der Waals surface area contributed by atoms with Gasteiger partial charge >= 0.3 is 0 Å². The zero-order chi connectivity index (χ0) is 20.2. The van der Waals surface area contributed by atoms with E-state index in [9.17, 15) is 9.18 Å². The molecule has 29 heavy (non-hydrogen) atoms. The summed E-state index contributed by atoms with van der Waals surface area (Å²) in [5, 5.41) is 6.17. The molecule has 1 amide bonds. The van der Waals surface area contributed by atoms with Gasteiger partial charge in [-0.3, -0.25) is 4.79 Å². The van der Waals surface area contributed by atoms with Gasteiger partial charge in [-0.25, -0.2) is 24.3 Å². The third-order valence-electron chi connectivity index (χ3n) is 5.23. The Morgan fingerprint density at radius 3 is 3.00 bits per heavy atom. The highest BCUT2D eigenvalue weighted by atomic mass is 19.1. The molecule has 1 saturated carbocycles. The second kappa shape index (κ2) is 8.60. The minimum Gasteiger partial charge on any atom is -0.375 e. The summed E-state index contributed by atoms with van der Waals surface area (Å²) < 4.78 is 19.3. The van der Waals surface area contributed by atoms with E-state index < -0.39 is 5.82 Å². The number of hydrogen-bond donors (Lipinski definition) is 2. The molecular weight excluding hydrogens is 375 g/mol. The highest BCUT2D eigenvalue weighted by molar-refractivity contribution is 5.80. The van der Waals surface area contributed by atoms with Crippen LogP contribution in [0.15, 0.2) is 24.8 Å². The molecule has 2 aromatic heterocycles. The van der Waals surface area contributed by atoms with Crippen molar-refractivity contribution >= 4 is 17.3 Å². The predicted octanol–water partition coefficient (Wildman–Crippen LogP) is 1.88. The average Bonchev–Trinajstić information content (AvgIpc) is 3.14. The van der Waals surface area contributed by atoms with Crippen LogP contribution in [-0.4, -0.2) is 51.6 Å². The van der Waals surface area contributed by atoms with E-state index in [1.54, 1.807) is 6.20 Å². The molecule has 2 atom stereocenters. The van der Waals surface area contributed by atoms with E-state index in [1.807, 2.05) is 6.08 Å². The Morgan fingerprint density at radius 2 is 2.14 bits per heavy atom. The molecule has 4 rings (SSSR count). The number of carbonyl (C=O) groups is 1. The molecule has 2 aromatic rings. The van der Waals surface area contributed by atoms with Crippen molar-refractivity contribution < 1.29 is 13.9 Å². The monoisotopic (exact) mass is 398 g/mol. The summed E-state index contributed by atoms with van der Waals surface area (Å²) in [7, 11) is 1.49. The van der Waals surface area contributed by atoms with Crippen molar-refractivity contribution in [3.8, 4) is 0 Å². The van der Waals surface area contributed by atoms with Crippen LogP contribution in [0.1, 0.15) is 42.8 Å². The Kier molecular flexibility index (Phi) is 5.75. The second-order valence-corrected chi connectivity index (χ2v) is 7.30. The number of amides is 1. The third kappa shape index (κ3) is 4.40. The molecule has 0 saturated heterocycles. The van der Waals surface area contributed by atoms with E-state index in [1.165, 1.54) is 19.6 Å². The number of hydrogen-bond acceptors (Lipinski definition) is 7. The zero-order valence-corrected chi connectivity index (χ0v) is 16.2. The van der Waals surface area contributed by atoms with Gasteiger partial charge in [-0.2, -0.15) is 0 Å². The number of allylic oxidation sites excluding steroid dienone is 1. The molecule has 9 heteroatoms. The Labute approximate surface area is 168 Å². The number of fused-ring (bicyclic) bond motifs is 1. The van der Waals surface area contributed by atoms with Gasteiger partial charge in [-0.15, -0.1) is 0 Å². The normalized spacial score (nSPS) is 20.7. The Hall–Kier alpha value is -2.94. The minimum atomic E-state index is -0.498. The number of ether oxygens (including phenoxy) is 1. The van der Waals surface area contributed by atoms with Crippen LogP contribution in [0.5, 0.6) is 0 Å². The van der Waals surface area contributed by atoms with Gasteiger partial charge in [-0.1, -0.05) is 6.08 Å². The average molecular weight is 398 g/mol. The van der Waals surface area contributed by atoms with Crippen LogP contribution in [-0.2, 0) is 16.0 Å². The highest BCUT2D eigenvalue weighted by Crippen LogP contribution is 2.30. The van der Waals surface area contributed by atoms with Crippen LogP contribution in [0, 0.1) is 5.82 Å². The van der Waals surface area contributed by atoms with Crippen LogP contribution in [0.2, 0.25) is 0 Å². The van der Waals surface area contributed by atoms with Gasteiger partial charge in [0.05, 0.1) is 11.9 Å². The highest BCUT2D eigenvalue weighted by Gasteiger charge is 2.25. The SMILES string of the molecule is COCC(=O)N[C@H]1CCC[C@@H](Nc2nc(C3=CCc4ncncc43)ncc2F)C1. The number of nitrogens with zero attached hydrogens (tertiary/aromatic N) is 4. The van der Waals surface area contributed by atoms with Crippen LogP contribution < -0.4 is 10.6 Å². The van der Waals surface area contributed by atoms with Gasteiger partial charge in [0, 0.05) is 42.9 Å². The number of halogens is 1. The summed E-state index contributed by atoms with van der Waals surface area (Å²) in [6, 6.07) is 0.0526. The van der Waals surface area contributed by atoms with Crippen molar-refractivity contribution in [3.63, 3.8) is 0 Å². The van der Waals surface area contributed by atoms with E-state index in [0.717, 1.165) is 36.1 Å². The summed E-state index contributed by atoms with van der Waals surface area (Å²) in [6.07, 6.45) is 10.5. The van der Waals surface area contributed by atoms with Crippen LogP contribution in [0.3, 0.4) is 0 Å². The minimum absolute atomic E-state index is 0.0158. The van der Waals surface area contributed by atoms with Gasteiger partial charge in [0.1, 0.15) is 12.9 Å². The molecule has 2 heterocycles. The molecule has 0 spiro atoms. The van der Waals surface area contributed by atoms with E-state index in [0.29, 0.717) is 18.7 Å². The van der Waals surface area contributed by atoms with E-state index in [2.05, 4.69) is 30.6 Å². The molecule has 1 fully saturated rings. The number of nitrogens with one attached hydrogen (secondary N) is 2. The first-order chi connectivity index (χ1) is 14.1. The number of rotatable bonds is 6. The summed E-state index contributed by atoms with van der Waals surface area (Å²) in [5.74, 6) is -0.0107. The van der Waals surface area contributed by atoms with Crippen molar-refractivity contribution in [1.29, 1.82) is 0 Å².